The number of rotatable bonds is 7. The molecule has 1 aliphatic heterocycles. The first-order chi connectivity index (χ1) is 9.73. The molecule has 21 heavy (non-hydrogen) atoms. The summed E-state index contributed by atoms with van der Waals surface area (Å²) < 4.78 is 27.0. The molecule has 1 rings (SSSR count). The SMILES string of the molecule is CCCOP(=O)(O)OC1[C@@H](C(C)C)OC(CO)[C@@H](O)[C@H]1O. The summed E-state index contributed by atoms with van der Waals surface area (Å²) in [6.45, 7) is 4.87. The molecule has 8 nitrogen and oxygen atoms in total. The molecule has 1 heterocycles. The largest absolute Gasteiger partial charge is 0.472 e. The lowest BCUT2D eigenvalue weighted by atomic mass is 9.89. The van der Waals surface area contributed by atoms with E-state index in [2.05, 4.69) is 0 Å². The van der Waals surface area contributed by atoms with Crippen LogP contribution in [0, 0.1) is 5.92 Å². The molecule has 0 aromatic rings. The Bertz CT molecular complexity index is 363. The topological polar surface area (TPSA) is 126 Å². The lowest BCUT2D eigenvalue weighted by Crippen LogP contribution is -2.60. The Morgan fingerprint density at radius 2 is 1.90 bits per heavy atom. The molecule has 9 heteroatoms. The van der Waals surface area contributed by atoms with Gasteiger partial charge in [-0.15, -0.1) is 0 Å². The van der Waals surface area contributed by atoms with Crippen molar-refractivity contribution in [1.29, 1.82) is 0 Å². The van der Waals surface area contributed by atoms with Crippen molar-refractivity contribution < 1.29 is 38.6 Å². The summed E-state index contributed by atoms with van der Waals surface area (Å²) in [5.41, 5.74) is 0. The second-order valence-corrected chi connectivity index (χ2v) is 6.82. The van der Waals surface area contributed by atoms with Crippen molar-refractivity contribution >= 4 is 7.82 Å². The highest BCUT2D eigenvalue weighted by molar-refractivity contribution is 7.47. The van der Waals surface area contributed by atoms with E-state index in [1.54, 1.807) is 20.8 Å². The number of hydrogen-bond acceptors (Lipinski definition) is 7. The zero-order valence-corrected chi connectivity index (χ0v) is 13.3. The van der Waals surface area contributed by atoms with Crippen molar-refractivity contribution in [2.24, 2.45) is 5.92 Å². The number of phosphoric ester groups is 1. The number of aliphatic hydroxyl groups is 3. The molecule has 1 fully saturated rings. The predicted octanol–water partition coefficient (Wildman–Crippen LogP) is 0.0361. The minimum absolute atomic E-state index is 0.0333. The van der Waals surface area contributed by atoms with Crippen LogP contribution in [0.25, 0.3) is 0 Å². The highest BCUT2D eigenvalue weighted by atomic mass is 31.2. The van der Waals surface area contributed by atoms with Gasteiger partial charge in [0.05, 0.1) is 19.3 Å². The highest BCUT2D eigenvalue weighted by Crippen LogP contribution is 2.47. The van der Waals surface area contributed by atoms with Gasteiger partial charge >= 0.3 is 7.82 Å². The maximum Gasteiger partial charge on any atom is 0.472 e. The molecular formula is C12H25O8P. The molecule has 1 aliphatic rings. The molecule has 0 spiro atoms. The van der Waals surface area contributed by atoms with Gasteiger partial charge in [-0.25, -0.2) is 4.57 Å². The van der Waals surface area contributed by atoms with Gasteiger partial charge in [0.25, 0.3) is 0 Å². The third-order valence-electron chi connectivity index (χ3n) is 3.27. The predicted molar refractivity (Wildman–Crippen MR) is 73.5 cm³/mol. The summed E-state index contributed by atoms with van der Waals surface area (Å²) in [7, 11) is -4.36. The molecule has 126 valence electrons. The Balaban J connectivity index is 2.87. The second kappa shape index (κ2) is 7.99. The van der Waals surface area contributed by atoms with E-state index >= 15 is 0 Å². The van der Waals surface area contributed by atoms with E-state index in [1.165, 1.54) is 0 Å². The van der Waals surface area contributed by atoms with E-state index in [0.717, 1.165) is 0 Å². The standard InChI is InChI=1S/C12H25O8P/c1-4-5-18-21(16,17)20-12-10(15)9(14)8(6-13)19-11(12)7(2)3/h7-15H,4-6H2,1-3H3,(H,16,17)/t8?,9-,10-,11-,12?/m1/s1. The van der Waals surface area contributed by atoms with Crippen molar-refractivity contribution in [2.75, 3.05) is 13.2 Å². The first-order valence-corrected chi connectivity index (χ1v) is 8.51. The molecular weight excluding hydrogens is 303 g/mol. The van der Waals surface area contributed by atoms with Crippen molar-refractivity contribution in [3.8, 4) is 0 Å². The average Bonchev–Trinajstić information content (AvgIpc) is 2.41. The van der Waals surface area contributed by atoms with Crippen LogP contribution in [0.5, 0.6) is 0 Å². The second-order valence-electron chi connectivity index (χ2n) is 5.42. The van der Waals surface area contributed by atoms with E-state index in [9.17, 15) is 19.7 Å². The Morgan fingerprint density at radius 3 is 2.38 bits per heavy atom. The highest BCUT2D eigenvalue weighted by Gasteiger charge is 2.48. The third kappa shape index (κ3) is 4.97. The van der Waals surface area contributed by atoms with E-state index in [4.69, 9.17) is 18.9 Å². The minimum Gasteiger partial charge on any atom is -0.394 e. The van der Waals surface area contributed by atoms with Crippen LogP contribution in [-0.2, 0) is 18.3 Å². The maximum atomic E-state index is 11.8. The van der Waals surface area contributed by atoms with E-state index in [0.29, 0.717) is 6.42 Å². The summed E-state index contributed by atoms with van der Waals surface area (Å²) in [6.07, 6.45) is -5.31. The van der Waals surface area contributed by atoms with Crippen molar-refractivity contribution in [2.45, 2.75) is 57.7 Å². The molecule has 0 bridgehead atoms. The molecule has 0 aromatic carbocycles. The number of phosphoric acid groups is 1. The molecule has 3 unspecified atom stereocenters. The lowest BCUT2D eigenvalue weighted by Gasteiger charge is -2.43. The normalized spacial score (nSPS) is 36.7. The van der Waals surface area contributed by atoms with Crippen molar-refractivity contribution in [1.82, 2.24) is 0 Å². The Hall–Kier alpha value is -0.0500. The van der Waals surface area contributed by atoms with Crippen LogP contribution >= 0.6 is 7.82 Å². The molecule has 0 amide bonds. The summed E-state index contributed by atoms with van der Waals surface area (Å²) in [6, 6.07) is 0. The molecule has 4 N–H and O–H groups in total. The monoisotopic (exact) mass is 328 g/mol. The first-order valence-electron chi connectivity index (χ1n) is 7.01. The van der Waals surface area contributed by atoms with Crippen molar-refractivity contribution in [3.05, 3.63) is 0 Å². The maximum absolute atomic E-state index is 11.8. The van der Waals surface area contributed by atoms with Crippen LogP contribution in [-0.4, -0.2) is 63.9 Å². The number of aliphatic hydroxyl groups excluding tert-OH is 3. The number of hydrogen-bond donors (Lipinski definition) is 4. The van der Waals surface area contributed by atoms with Gasteiger partial charge in [0.15, 0.2) is 0 Å². The van der Waals surface area contributed by atoms with Gasteiger partial charge in [-0.2, -0.15) is 0 Å². The average molecular weight is 328 g/mol. The van der Waals surface area contributed by atoms with Crippen molar-refractivity contribution in [3.63, 3.8) is 0 Å². The molecule has 0 radical (unpaired) electrons. The van der Waals surface area contributed by atoms with Crippen LogP contribution < -0.4 is 0 Å². The molecule has 0 aliphatic carbocycles. The molecule has 0 aromatic heterocycles. The summed E-state index contributed by atoms with van der Waals surface area (Å²) in [5, 5.41) is 29.1. The van der Waals surface area contributed by atoms with Gasteiger partial charge < -0.3 is 24.9 Å². The molecule has 1 saturated heterocycles. The van der Waals surface area contributed by atoms with Gasteiger partial charge in [0, 0.05) is 0 Å². The lowest BCUT2D eigenvalue weighted by molar-refractivity contribution is -0.235. The van der Waals surface area contributed by atoms with Gasteiger partial charge in [0.1, 0.15) is 24.4 Å². The van der Waals surface area contributed by atoms with E-state index in [1.807, 2.05) is 0 Å². The van der Waals surface area contributed by atoms with Gasteiger partial charge in [0.2, 0.25) is 0 Å². The minimum atomic E-state index is -4.36. The fourth-order valence-electron chi connectivity index (χ4n) is 2.17. The Kier molecular flexibility index (Phi) is 7.23. The van der Waals surface area contributed by atoms with Crippen LogP contribution in [0.4, 0.5) is 0 Å². The zero-order valence-electron chi connectivity index (χ0n) is 12.5. The van der Waals surface area contributed by atoms with Crippen LogP contribution in [0.2, 0.25) is 0 Å². The summed E-state index contributed by atoms with van der Waals surface area (Å²) in [4.78, 5) is 9.64. The number of ether oxygens (including phenoxy) is 1. The van der Waals surface area contributed by atoms with Crippen LogP contribution in [0.15, 0.2) is 0 Å². The fourth-order valence-corrected chi connectivity index (χ4v) is 3.20. The van der Waals surface area contributed by atoms with E-state index < -0.39 is 44.9 Å². The van der Waals surface area contributed by atoms with Gasteiger partial charge in [-0.1, -0.05) is 20.8 Å². The molecule has 0 saturated carbocycles. The van der Waals surface area contributed by atoms with Crippen LogP contribution in [0.1, 0.15) is 27.2 Å². The van der Waals surface area contributed by atoms with Crippen LogP contribution in [0.3, 0.4) is 0 Å². The van der Waals surface area contributed by atoms with Gasteiger partial charge in [-0.05, 0) is 12.3 Å². The zero-order chi connectivity index (χ0) is 16.2. The summed E-state index contributed by atoms with van der Waals surface area (Å²) >= 11 is 0. The fraction of sp³-hybridized carbons (Fsp3) is 1.00. The Morgan fingerprint density at radius 1 is 1.29 bits per heavy atom. The smallest absolute Gasteiger partial charge is 0.394 e. The first kappa shape index (κ1) is 19.0. The van der Waals surface area contributed by atoms with E-state index in [-0.39, 0.29) is 12.5 Å². The summed E-state index contributed by atoms with van der Waals surface area (Å²) in [5.74, 6) is -0.169. The molecule has 6 atom stereocenters. The Labute approximate surface area is 124 Å². The third-order valence-corrected chi connectivity index (χ3v) is 4.29. The quantitative estimate of drug-likeness (QED) is 0.483. The van der Waals surface area contributed by atoms with Gasteiger partial charge in [-0.3, -0.25) is 9.05 Å².